The molecule has 0 saturated carbocycles. The van der Waals surface area contributed by atoms with Crippen molar-refractivity contribution >= 4 is 12.1 Å². The molecular weight excluding hydrogens is 344 g/mol. The Bertz CT molecular complexity index is 793. The lowest BCUT2D eigenvalue weighted by molar-refractivity contribution is -0.123. The quantitative estimate of drug-likeness (QED) is 0.576. The van der Waals surface area contributed by atoms with Gasteiger partial charge in [0.05, 0.1) is 12.8 Å². The summed E-state index contributed by atoms with van der Waals surface area (Å²) in [6.07, 6.45) is 1.36. The highest BCUT2D eigenvalue weighted by Crippen LogP contribution is 2.28. The summed E-state index contributed by atoms with van der Waals surface area (Å²) in [5.41, 5.74) is 4.07. The molecule has 0 heterocycles. The van der Waals surface area contributed by atoms with E-state index in [1.54, 1.807) is 18.2 Å². The van der Waals surface area contributed by atoms with Crippen molar-refractivity contribution in [2.75, 3.05) is 13.2 Å². The first-order valence-electron chi connectivity index (χ1n) is 8.81. The minimum absolute atomic E-state index is 0.0208. The molecule has 0 aromatic heterocycles. The first-order chi connectivity index (χ1) is 12.8. The van der Waals surface area contributed by atoms with E-state index < -0.39 is 5.91 Å². The first-order valence-corrected chi connectivity index (χ1v) is 8.81. The van der Waals surface area contributed by atoms with Crippen molar-refractivity contribution < 1.29 is 19.4 Å². The van der Waals surface area contributed by atoms with Crippen LogP contribution in [0, 0.1) is 0 Å². The molecule has 2 aromatic carbocycles. The molecule has 0 aliphatic rings. The molecule has 0 fully saturated rings. The lowest BCUT2D eigenvalue weighted by atomic mass is 9.87. The number of hydrogen-bond donors (Lipinski definition) is 2. The van der Waals surface area contributed by atoms with E-state index >= 15 is 0 Å². The summed E-state index contributed by atoms with van der Waals surface area (Å²) in [4.78, 5) is 11.9. The van der Waals surface area contributed by atoms with Crippen LogP contribution in [0.5, 0.6) is 17.2 Å². The second-order valence-corrected chi connectivity index (χ2v) is 6.98. The fraction of sp³-hybridized carbons (Fsp3) is 0.333. The number of benzene rings is 2. The molecule has 6 nitrogen and oxygen atoms in total. The molecule has 0 atom stereocenters. The van der Waals surface area contributed by atoms with Crippen LogP contribution < -0.4 is 14.9 Å². The van der Waals surface area contributed by atoms with Crippen molar-refractivity contribution in [3.05, 3.63) is 53.6 Å². The van der Waals surface area contributed by atoms with Gasteiger partial charge in [-0.25, -0.2) is 5.43 Å². The Kier molecular flexibility index (Phi) is 6.82. The van der Waals surface area contributed by atoms with E-state index in [-0.39, 0.29) is 17.8 Å². The van der Waals surface area contributed by atoms with E-state index in [1.807, 2.05) is 31.2 Å². The Morgan fingerprint density at radius 3 is 2.48 bits per heavy atom. The number of nitrogens with zero attached hydrogens (tertiary/aromatic N) is 1. The molecule has 6 heteroatoms. The molecule has 2 aromatic rings. The van der Waals surface area contributed by atoms with Crippen molar-refractivity contribution in [1.82, 2.24) is 5.43 Å². The van der Waals surface area contributed by atoms with Crippen LogP contribution in [0.4, 0.5) is 0 Å². The summed E-state index contributed by atoms with van der Waals surface area (Å²) in [5.74, 6) is 0.568. The van der Waals surface area contributed by atoms with Gasteiger partial charge in [-0.2, -0.15) is 5.10 Å². The monoisotopic (exact) mass is 370 g/mol. The van der Waals surface area contributed by atoms with Crippen LogP contribution in [0.25, 0.3) is 0 Å². The lowest BCUT2D eigenvalue weighted by Crippen LogP contribution is -2.24. The number of rotatable bonds is 7. The molecule has 0 bridgehead atoms. The number of amides is 1. The van der Waals surface area contributed by atoms with Gasteiger partial charge in [0, 0.05) is 5.56 Å². The maximum absolute atomic E-state index is 11.9. The number of hydrazone groups is 1. The highest BCUT2D eigenvalue weighted by molar-refractivity contribution is 5.86. The van der Waals surface area contributed by atoms with Crippen LogP contribution in [0.3, 0.4) is 0 Å². The van der Waals surface area contributed by atoms with Crippen LogP contribution in [-0.2, 0) is 10.2 Å². The maximum atomic E-state index is 11.9. The van der Waals surface area contributed by atoms with Gasteiger partial charge < -0.3 is 14.6 Å². The van der Waals surface area contributed by atoms with Crippen LogP contribution in [0.1, 0.15) is 38.8 Å². The maximum Gasteiger partial charge on any atom is 0.277 e. The van der Waals surface area contributed by atoms with Gasteiger partial charge in [0.25, 0.3) is 5.91 Å². The molecule has 0 saturated heterocycles. The zero-order valence-corrected chi connectivity index (χ0v) is 16.2. The van der Waals surface area contributed by atoms with Crippen LogP contribution in [-0.4, -0.2) is 30.4 Å². The Balaban J connectivity index is 1.86. The minimum Gasteiger partial charge on any atom is -0.504 e. The predicted octanol–water partition coefficient (Wildman–Crippen LogP) is 3.62. The van der Waals surface area contributed by atoms with E-state index in [2.05, 4.69) is 31.3 Å². The van der Waals surface area contributed by atoms with Crippen molar-refractivity contribution in [3.8, 4) is 17.2 Å². The van der Waals surface area contributed by atoms with Crippen LogP contribution in [0.15, 0.2) is 47.6 Å². The molecule has 144 valence electrons. The number of carbonyl (C=O) groups is 1. The molecule has 0 unspecified atom stereocenters. The van der Waals surface area contributed by atoms with Crippen molar-refractivity contribution in [1.29, 1.82) is 0 Å². The third kappa shape index (κ3) is 6.02. The fourth-order valence-corrected chi connectivity index (χ4v) is 2.32. The van der Waals surface area contributed by atoms with E-state index in [0.717, 1.165) is 0 Å². The van der Waals surface area contributed by atoms with Gasteiger partial charge >= 0.3 is 0 Å². The second-order valence-electron chi connectivity index (χ2n) is 6.98. The summed E-state index contributed by atoms with van der Waals surface area (Å²) in [6.45, 7) is 8.52. The molecule has 0 spiro atoms. The number of hydrogen-bond acceptors (Lipinski definition) is 5. The number of para-hydroxylation sites is 1. The zero-order chi connectivity index (χ0) is 19.9. The predicted molar refractivity (Wildman–Crippen MR) is 106 cm³/mol. The summed E-state index contributed by atoms with van der Waals surface area (Å²) >= 11 is 0. The number of aromatic hydroxyl groups is 1. The van der Waals surface area contributed by atoms with E-state index in [4.69, 9.17) is 9.47 Å². The molecule has 2 rings (SSSR count). The molecule has 0 aliphatic carbocycles. The standard InChI is InChI=1S/C21H26N2O4/c1-5-26-18-8-6-7-15(20(18)25)13-22-23-19(24)14-27-17-11-9-16(10-12-17)21(2,3)4/h6-13,25H,5,14H2,1-4H3,(H,23,24)/b22-13+. The van der Waals surface area contributed by atoms with Crippen molar-refractivity contribution in [3.63, 3.8) is 0 Å². The third-order valence-corrected chi connectivity index (χ3v) is 3.81. The Hall–Kier alpha value is -3.02. The highest BCUT2D eigenvalue weighted by Gasteiger charge is 2.13. The average molecular weight is 370 g/mol. The van der Waals surface area contributed by atoms with Gasteiger partial charge in [-0.1, -0.05) is 39.0 Å². The van der Waals surface area contributed by atoms with Crippen molar-refractivity contribution in [2.24, 2.45) is 5.10 Å². The second kappa shape index (κ2) is 9.07. The SMILES string of the molecule is CCOc1cccc(/C=N/NC(=O)COc2ccc(C(C)(C)C)cc2)c1O. The Morgan fingerprint density at radius 2 is 1.85 bits per heavy atom. The van der Waals surface area contributed by atoms with Gasteiger partial charge in [-0.15, -0.1) is 0 Å². The van der Waals surface area contributed by atoms with E-state index in [1.165, 1.54) is 11.8 Å². The third-order valence-electron chi connectivity index (χ3n) is 3.81. The molecular formula is C21H26N2O4. The summed E-state index contributed by atoms with van der Waals surface area (Å²) in [5, 5.41) is 13.9. The van der Waals surface area contributed by atoms with Gasteiger partial charge in [0.15, 0.2) is 18.1 Å². The van der Waals surface area contributed by atoms with Gasteiger partial charge in [0.2, 0.25) is 0 Å². The number of ether oxygens (including phenoxy) is 2. The highest BCUT2D eigenvalue weighted by atomic mass is 16.5. The topological polar surface area (TPSA) is 80.2 Å². The van der Waals surface area contributed by atoms with Crippen LogP contribution >= 0.6 is 0 Å². The normalized spacial score (nSPS) is 11.4. The van der Waals surface area contributed by atoms with E-state index in [9.17, 15) is 9.90 Å². The van der Waals surface area contributed by atoms with Crippen LogP contribution in [0.2, 0.25) is 0 Å². The molecule has 0 radical (unpaired) electrons. The summed E-state index contributed by atoms with van der Waals surface area (Å²) < 4.78 is 10.8. The van der Waals surface area contributed by atoms with Crippen molar-refractivity contribution in [2.45, 2.75) is 33.1 Å². The number of phenols is 1. The summed E-state index contributed by atoms with van der Waals surface area (Å²) in [6, 6.07) is 12.7. The van der Waals surface area contributed by atoms with Gasteiger partial charge in [0.1, 0.15) is 5.75 Å². The smallest absolute Gasteiger partial charge is 0.277 e. The number of nitrogens with one attached hydrogen (secondary N) is 1. The minimum atomic E-state index is -0.397. The Morgan fingerprint density at radius 1 is 1.15 bits per heavy atom. The molecule has 2 N–H and O–H groups in total. The fourth-order valence-electron chi connectivity index (χ4n) is 2.32. The first kappa shape index (κ1) is 20.3. The molecule has 0 aliphatic heterocycles. The lowest BCUT2D eigenvalue weighted by Gasteiger charge is -2.19. The zero-order valence-electron chi connectivity index (χ0n) is 16.2. The summed E-state index contributed by atoms with van der Waals surface area (Å²) in [7, 11) is 0. The molecule has 1 amide bonds. The van der Waals surface area contributed by atoms with E-state index in [0.29, 0.717) is 23.7 Å². The number of phenolic OH excluding ortho intramolecular Hbond substituents is 1. The average Bonchev–Trinajstić information content (AvgIpc) is 2.63. The Labute approximate surface area is 159 Å². The van der Waals surface area contributed by atoms with Gasteiger partial charge in [-0.05, 0) is 42.2 Å². The largest absolute Gasteiger partial charge is 0.504 e. The molecule has 27 heavy (non-hydrogen) atoms. The van der Waals surface area contributed by atoms with Gasteiger partial charge in [-0.3, -0.25) is 4.79 Å². The number of carbonyl (C=O) groups excluding carboxylic acids is 1.